The summed E-state index contributed by atoms with van der Waals surface area (Å²) < 4.78 is 10.8. The van der Waals surface area contributed by atoms with Crippen LogP contribution in [0.25, 0.3) is 0 Å². The molecule has 0 aromatic carbocycles. The van der Waals surface area contributed by atoms with Crippen molar-refractivity contribution >= 4 is 8.03 Å². The van der Waals surface area contributed by atoms with Gasteiger partial charge in [0.25, 0.3) is 0 Å². The molecular formula is C9H21O2P. The molecule has 0 saturated heterocycles. The highest BCUT2D eigenvalue weighted by Crippen LogP contribution is 2.29. The lowest BCUT2D eigenvalue weighted by Gasteiger charge is -2.09. The molecule has 0 amide bonds. The lowest BCUT2D eigenvalue weighted by molar-refractivity contribution is 0.474. The quantitative estimate of drug-likeness (QED) is 0.496. The molecule has 2 atom stereocenters. The molecule has 1 N–H and O–H groups in total. The second-order valence-electron chi connectivity index (χ2n) is 3.29. The SMILES string of the molecule is CCCCCCC(CC)[PH](=O)O. The van der Waals surface area contributed by atoms with E-state index in [1.165, 1.54) is 19.3 Å². The summed E-state index contributed by atoms with van der Waals surface area (Å²) in [5.74, 6) is 0. The molecule has 0 aliphatic carbocycles. The zero-order chi connectivity index (χ0) is 9.40. The van der Waals surface area contributed by atoms with Crippen molar-refractivity contribution < 1.29 is 9.46 Å². The second kappa shape index (κ2) is 7.82. The largest absolute Gasteiger partial charge is 0.346 e. The number of unbranched alkanes of at least 4 members (excludes halogenated alkanes) is 3. The molecule has 0 aliphatic rings. The molecule has 3 heteroatoms. The van der Waals surface area contributed by atoms with Gasteiger partial charge in [-0.1, -0.05) is 39.5 Å². The van der Waals surface area contributed by atoms with Gasteiger partial charge in [-0.3, -0.25) is 4.57 Å². The first kappa shape index (κ1) is 12.2. The second-order valence-corrected chi connectivity index (χ2v) is 4.79. The van der Waals surface area contributed by atoms with E-state index in [1.54, 1.807) is 0 Å². The van der Waals surface area contributed by atoms with Gasteiger partial charge in [0.2, 0.25) is 0 Å². The zero-order valence-corrected chi connectivity index (χ0v) is 9.18. The molecule has 0 aliphatic heterocycles. The smallest absolute Gasteiger partial charge is 0.192 e. The lowest BCUT2D eigenvalue weighted by Crippen LogP contribution is -1.99. The van der Waals surface area contributed by atoms with Gasteiger partial charge in [-0.2, -0.15) is 0 Å². The normalized spacial score (nSPS) is 15.9. The highest BCUT2D eigenvalue weighted by Gasteiger charge is 2.10. The summed E-state index contributed by atoms with van der Waals surface area (Å²) in [6, 6.07) is 0. The van der Waals surface area contributed by atoms with E-state index in [9.17, 15) is 4.57 Å². The maximum Gasteiger partial charge on any atom is 0.192 e. The van der Waals surface area contributed by atoms with Crippen LogP contribution in [0.5, 0.6) is 0 Å². The first-order valence-corrected chi connectivity index (χ1v) is 6.38. The molecule has 0 rings (SSSR count). The standard InChI is InChI=1S/C9H21O2P/c1-3-5-6-7-8-9(4-2)12(10)11/h9,12H,3-8H2,1-2H3,(H,10,11). The molecule has 12 heavy (non-hydrogen) atoms. The van der Waals surface area contributed by atoms with Crippen LogP contribution in [0.1, 0.15) is 52.4 Å². The third-order valence-corrected chi connectivity index (χ3v) is 3.64. The predicted octanol–water partition coefficient (Wildman–Crippen LogP) is 3.20. The van der Waals surface area contributed by atoms with Crippen LogP contribution < -0.4 is 0 Å². The summed E-state index contributed by atoms with van der Waals surface area (Å²) in [6.07, 6.45) is 6.59. The maximum atomic E-state index is 10.8. The van der Waals surface area contributed by atoms with E-state index >= 15 is 0 Å². The van der Waals surface area contributed by atoms with Gasteiger partial charge in [-0.25, -0.2) is 0 Å². The Hall–Kier alpha value is 0.190. The van der Waals surface area contributed by atoms with Gasteiger partial charge >= 0.3 is 0 Å². The van der Waals surface area contributed by atoms with Gasteiger partial charge in [0, 0.05) is 5.66 Å². The van der Waals surface area contributed by atoms with Crippen LogP contribution in [0, 0.1) is 0 Å². The molecular weight excluding hydrogens is 171 g/mol. The molecule has 0 bridgehead atoms. The molecule has 0 aromatic heterocycles. The minimum absolute atomic E-state index is 0.0758. The van der Waals surface area contributed by atoms with E-state index < -0.39 is 8.03 Å². The van der Waals surface area contributed by atoms with E-state index in [0.29, 0.717) is 0 Å². The van der Waals surface area contributed by atoms with Gasteiger partial charge in [-0.05, 0) is 12.8 Å². The topological polar surface area (TPSA) is 37.3 Å². The van der Waals surface area contributed by atoms with Crippen molar-refractivity contribution in [2.45, 2.75) is 58.0 Å². The number of rotatable bonds is 7. The van der Waals surface area contributed by atoms with Gasteiger partial charge in [0.1, 0.15) is 0 Å². The average molecular weight is 192 g/mol. The van der Waals surface area contributed by atoms with E-state index in [1.807, 2.05) is 6.92 Å². The van der Waals surface area contributed by atoms with Crippen LogP contribution in [-0.2, 0) is 4.57 Å². The van der Waals surface area contributed by atoms with E-state index in [0.717, 1.165) is 19.3 Å². The fourth-order valence-electron chi connectivity index (χ4n) is 1.32. The molecule has 74 valence electrons. The fourth-order valence-corrected chi connectivity index (χ4v) is 2.12. The van der Waals surface area contributed by atoms with Gasteiger partial charge < -0.3 is 4.89 Å². The van der Waals surface area contributed by atoms with Gasteiger partial charge in [0.05, 0.1) is 0 Å². The highest BCUT2D eigenvalue weighted by atomic mass is 31.1. The Morgan fingerprint density at radius 1 is 1.25 bits per heavy atom. The minimum Gasteiger partial charge on any atom is -0.346 e. The van der Waals surface area contributed by atoms with Crippen molar-refractivity contribution in [3.05, 3.63) is 0 Å². The average Bonchev–Trinajstić information content (AvgIpc) is 2.04. The van der Waals surface area contributed by atoms with Crippen molar-refractivity contribution in [1.29, 1.82) is 0 Å². The minimum atomic E-state index is -2.26. The van der Waals surface area contributed by atoms with Crippen molar-refractivity contribution in [1.82, 2.24) is 0 Å². The van der Waals surface area contributed by atoms with Crippen LogP contribution in [0.15, 0.2) is 0 Å². The summed E-state index contributed by atoms with van der Waals surface area (Å²) >= 11 is 0. The summed E-state index contributed by atoms with van der Waals surface area (Å²) in [5.41, 5.74) is 0.0758. The van der Waals surface area contributed by atoms with Crippen molar-refractivity contribution in [2.75, 3.05) is 0 Å². The Morgan fingerprint density at radius 3 is 2.33 bits per heavy atom. The van der Waals surface area contributed by atoms with Crippen molar-refractivity contribution in [2.24, 2.45) is 0 Å². The Bertz CT molecular complexity index is 126. The first-order chi connectivity index (χ1) is 5.72. The fraction of sp³-hybridized carbons (Fsp3) is 1.00. The summed E-state index contributed by atoms with van der Waals surface area (Å²) in [7, 11) is -2.26. The van der Waals surface area contributed by atoms with Crippen LogP contribution in [0.3, 0.4) is 0 Å². The van der Waals surface area contributed by atoms with Crippen LogP contribution in [-0.4, -0.2) is 10.6 Å². The van der Waals surface area contributed by atoms with Crippen LogP contribution in [0.2, 0.25) is 0 Å². The third-order valence-electron chi connectivity index (χ3n) is 2.25. The van der Waals surface area contributed by atoms with Crippen LogP contribution in [0.4, 0.5) is 0 Å². The predicted molar refractivity (Wildman–Crippen MR) is 54.1 cm³/mol. The number of hydrogen-bond donors (Lipinski definition) is 1. The van der Waals surface area contributed by atoms with E-state index in [-0.39, 0.29) is 5.66 Å². The summed E-state index contributed by atoms with van der Waals surface area (Å²) in [6.45, 7) is 4.16. The maximum absolute atomic E-state index is 10.8. The third kappa shape index (κ3) is 5.79. The summed E-state index contributed by atoms with van der Waals surface area (Å²) in [4.78, 5) is 8.91. The van der Waals surface area contributed by atoms with Crippen LogP contribution >= 0.6 is 8.03 Å². The monoisotopic (exact) mass is 192 g/mol. The highest BCUT2D eigenvalue weighted by molar-refractivity contribution is 7.38. The molecule has 0 spiro atoms. The first-order valence-electron chi connectivity index (χ1n) is 4.95. The van der Waals surface area contributed by atoms with E-state index in [4.69, 9.17) is 4.89 Å². The Morgan fingerprint density at radius 2 is 1.92 bits per heavy atom. The molecule has 0 saturated carbocycles. The Kier molecular flexibility index (Phi) is 7.94. The summed E-state index contributed by atoms with van der Waals surface area (Å²) in [5, 5.41) is 0. The lowest BCUT2D eigenvalue weighted by atomic mass is 10.1. The van der Waals surface area contributed by atoms with Gasteiger partial charge in [-0.15, -0.1) is 0 Å². The Balaban J connectivity index is 3.38. The Labute approximate surface area is 76.2 Å². The van der Waals surface area contributed by atoms with Gasteiger partial charge in [0.15, 0.2) is 8.03 Å². The van der Waals surface area contributed by atoms with Crippen molar-refractivity contribution in [3.8, 4) is 0 Å². The molecule has 0 radical (unpaired) electrons. The molecule has 0 heterocycles. The van der Waals surface area contributed by atoms with Crippen molar-refractivity contribution in [3.63, 3.8) is 0 Å². The molecule has 0 aromatic rings. The van der Waals surface area contributed by atoms with E-state index in [2.05, 4.69) is 6.92 Å². The molecule has 0 fully saturated rings. The molecule has 2 nitrogen and oxygen atoms in total. The zero-order valence-electron chi connectivity index (χ0n) is 8.18. The number of hydrogen-bond acceptors (Lipinski definition) is 1. The molecule has 2 unspecified atom stereocenters.